The third-order valence-electron chi connectivity index (χ3n) is 2.26. The Morgan fingerprint density at radius 3 is 2.16 bits per heavy atom. The van der Waals surface area contributed by atoms with Gasteiger partial charge in [-0.05, 0) is 32.0 Å². The zero-order chi connectivity index (χ0) is 14.9. The van der Waals surface area contributed by atoms with Crippen LogP contribution in [0.25, 0.3) is 0 Å². The Hall–Kier alpha value is -0.960. The quantitative estimate of drug-likeness (QED) is 0.803. The largest absolute Gasteiger partial charge is 0.324 e. The summed E-state index contributed by atoms with van der Waals surface area (Å²) in [7, 11) is -7.22. The van der Waals surface area contributed by atoms with E-state index in [1.165, 1.54) is 18.2 Å². The van der Waals surface area contributed by atoms with Gasteiger partial charge < -0.3 is 5.73 Å². The molecule has 0 saturated carbocycles. The summed E-state index contributed by atoms with van der Waals surface area (Å²) >= 11 is 0. The van der Waals surface area contributed by atoms with Crippen molar-refractivity contribution >= 4 is 19.9 Å². The minimum atomic E-state index is -3.77. The predicted octanol–water partition coefficient (Wildman–Crippen LogP) is 0.106. The fourth-order valence-electron chi connectivity index (χ4n) is 1.24. The van der Waals surface area contributed by atoms with Gasteiger partial charge in [-0.15, -0.1) is 0 Å². The first-order valence-electron chi connectivity index (χ1n) is 5.50. The van der Waals surface area contributed by atoms with Crippen molar-refractivity contribution in [3.05, 3.63) is 24.3 Å². The standard InChI is InChI=1S/C11H18N2O4S2/c1-11(2,12)8-13-19(16,17)10-6-4-5-9(7-10)18(3,14)15/h4-7,13H,8,12H2,1-3H3. The molecule has 3 N–H and O–H groups in total. The summed E-state index contributed by atoms with van der Waals surface area (Å²) in [4.78, 5) is -0.137. The first kappa shape index (κ1) is 16.1. The molecule has 0 aliphatic heterocycles. The summed E-state index contributed by atoms with van der Waals surface area (Å²) in [5.41, 5.74) is 5.00. The summed E-state index contributed by atoms with van der Waals surface area (Å²) in [5, 5.41) is 0. The van der Waals surface area contributed by atoms with E-state index >= 15 is 0 Å². The van der Waals surface area contributed by atoms with Crippen LogP contribution in [0.4, 0.5) is 0 Å². The van der Waals surface area contributed by atoms with E-state index in [4.69, 9.17) is 5.73 Å². The van der Waals surface area contributed by atoms with Crippen LogP contribution in [0.5, 0.6) is 0 Å². The maximum absolute atomic E-state index is 12.0. The van der Waals surface area contributed by atoms with Gasteiger partial charge in [0.25, 0.3) is 0 Å². The highest BCUT2D eigenvalue weighted by Gasteiger charge is 2.20. The van der Waals surface area contributed by atoms with Crippen molar-refractivity contribution in [1.29, 1.82) is 0 Å². The van der Waals surface area contributed by atoms with E-state index in [0.29, 0.717) is 0 Å². The Kier molecular flexibility index (Phi) is 4.40. The summed E-state index contributed by atoms with van der Waals surface area (Å²) in [6, 6.07) is 5.20. The fraction of sp³-hybridized carbons (Fsp3) is 0.455. The number of sulfonamides is 1. The topological polar surface area (TPSA) is 106 Å². The van der Waals surface area contributed by atoms with Crippen LogP contribution in [0.2, 0.25) is 0 Å². The number of sulfone groups is 1. The molecule has 108 valence electrons. The van der Waals surface area contributed by atoms with Gasteiger partial charge >= 0.3 is 0 Å². The average molecular weight is 306 g/mol. The molecule has 0 fully saturated rings. The lowest BCUT2D eigenvalue weighted by molar-refractivity contribution is 0.498. The van der Waals surface area contributed by atoms with Crippen molar-refractivity contribution in [2.45, 2.75) is 29.2 Å². The summed E-state index contributed by atoms with van der Waals surface area (Å²) < 4.78 is 49.1. The Bertz CT molecular complexity index is 658. The van der Waals surface area contributed by atoms with Gasteiger partial charge in [0.15, 0.2) is 9.84 Å². The molecular weight excluding hydrogens is 288 g/mol. The number of nitrogens with two attached hydrogens (primary N) is 1. The molecule has 0 spiro atoms. The second-order valence-corrected chi connectivity index (χ2v) is 8.84. The second-order valence-electron chi connectivity index (χ2n) is 5.06. The van der Waals surface area contributed by atoms with Crippen molar-refractivity contribution in [2.24, 2.45) is 5.73 Å². The van der Waals surface area contributed by atoms with Crippen LogP contribution in [0.3, 0.4) is 0 Å². The van der Waals surface area contributed by atoms with E-state index in [1.807, 2.05) is 0 Å². The van der Waals surface area contributed by atoms with E-state index in [9.17, 15) is 16.8 Å². The number of nitrogens with one attached hydrogen (secondary N) is 1. The van der Waals surface area contributed by atoms with Gasteiger partial charge in [0.1, 0.15) is 0 Å². The molecule has 0 unspecified atom stereocenters. The van der Waals surface area contributed by atoms with Gasteiger partial charge in [0.05, 0.1) is 9.79 Å². The fourth-order valence-corrected chi connectivity index (χ4v) is 3.25. The predicted molar refractivity (Wildman–Crippen MR) is 73.0 cm³/mol. The van der Waals surface area contributed by atoms with E-state index in [2.05, 4.69) is 4.72 Å². The molecule has 0 amide bonds. The van der Waals surface area contributed by atoms with Crippen LogP contribution in [-0.4, -0.2) is 35.2 Å². The maximum Gasteiger partial charge on any atom is 0.240 e. The highest BCUT2D eigenvalue weighted by atomic mass is 32.2. The number of benzene rings is 1. The maximum atomic E-state index is 12.0. The van der Waals surface area contributed by atoms with Crippen molar-refractivity contribution in [1.82, 2.24) is 4.72 Å². The lowest BCUT2D eigenvalue weighted by atomic mass is 10.1. The summed E-state index contributed by atoms with van der Waals surface area (Å²) in [5.74, 6) is 0. The number of hydrogen-bond donors (Lipinski definition) is 2. The zero-order valence-corrected chi connectivity index (χ0v) is 12.7. The van der Waals surface area contributed by atoms with Crippen LogP contribution in [0.1, 0.15) is 13.8 Å². The summed E-state index contributed by atoms with van der Waals surface area (Å²) in [6.45, 7) is 3.42. The van der Waals surface area contributed by atoms with E-state index in [-0.39, 0.29) is 16.3 Å². The van der Waals surface area contributed by atoms with E-state index in [0.717, 1.165) is 12.3 Å². The first-order valence-corrected chi connectivity index (χ1v) is 8.88. The Morgan fingerprint density at radius 2 is 1.68 bits per heavy atom. The zero-order valence-electron chi connectivity index (χ0n) is 11.0. The molecule has 0 saturated heterocycles. The monoisotopic (exact) mass is 306 g/mol. The molecular formula is C11H18N2O4S2. The lowest BCUT2D eigenvalue weighted by Gasteiger charge is -2.19. The SMILES string of the molecule is CC(C)(N)CNS(=O)(=O)c1cccc(S(C)(=O)=O)c1. The molecule has 6 nitrogen and oxygen atoms in total. The molecule has 8 heteroatoms. The van der Waals surface area contributed by atoms with Gasteiger partial charge in [-0.2, -0.15) is 0 Å². The van der Waals surface area contributed by atoms with Gasteiger partial charge in [-0.3, -0.25) is 0 Å². The molecule has 19 heavy (non-hydrogen) atoms. The lowest BCUT2D eigenvalue weighted by Crippen LogP contribution is -2.45. The van der Waals surface area contributed by atoms with E-state index < -0.39 is 25.4 Å². The highest BCUT2D eigenvalue weighted by Crippen LogP contribution is 2.15. The number of hydrogen-bond acceptors (Lipinski definition) is 5. The van der Waals surface area contributed by atoms with Crippen molar-refractivity contribution in [3.8, 4) is 0 Å². The molecule has 0 aliphatic rings. The molecule has 0 bridgehead atoms. The molecule has 0 atom stereocenters. The molecule has 0 heterocycles. The van der Waals surface area contributed by atoms with Crippen molar-refractivity contribution in [2.75, 3.05) is 12.8 Å². The third kappa shape index (κ3) is 4.90. The summed E-state index contributed by atoms with van der Waals surface area (Å²) in [6.07, 6.45) is 1.02. The minimum Gasteiger partial charge on any atom is -0.324 e. The molecule has 1 aromatic rings. The first-order chi connectivity index (χ1) is 8.42. The molecule has 1 aromatic carbocycles. The molecule has 0 radical (unpaired) electrons. The van der Waals surface area contributed by atoms with Gasteiger partial charge in [-0.25, -0.2) is 21.6 Å². The Morgan fingerprint density at radius 1 is 1.16 bits per heavy atom. The van der Waals surface area contributed by atoms with Crippen LogP contribution in [0.15, 0.2) is 34.1 Å². The van der Waals surface area contributed by atoms with Crippen LogP contribution < -0.4 is 10.5 Å². The van der Waals surface area contributed by atoms with Gasteiger partial charge in [0.2, 0.25) is 10.0 Å². The third-order valence-corrected chi connectivity index (χ3v) is 4.77. The van der Waals surface area contributed by atoms with Crippen LogP contribution >= 0.6 is 0 Å². The Labute approximate surface area is 114 Å². The Balaban J connectivity index is 3.10. The smallest absolute Gasteiger partial charge is 0.240 e. The van der Waals surface area contributed by atoms with Gasteiger partial charge in [0, 0.05) is 18.3 Å². The molecule has 1 rings (SSSR count). The van der Waals surface area contributed by atoms with Crippen LogP contribution in [-0.2, 0) is 19.9 Å². The highest BCUT2D eigenvalue weighted by molar-refractivity contribution is 7.91. The number of rotatable bonds is 5. The van der Waals surface area contributed by atoms with Crippen LogP contribution in [0, 0.1) is 0 Å². The second kappa shape index (κ2) is 5.20. The molecule has 0 aliphatic carbocycles. The van der Waals surface area contributed by atoms with Crippen molar-refractivity contribution in [3.63, 3.8) is 0 Å². The van der Waals surface area contributed by atoms with Crippen molar-refractivity contribution < 1.29 is 16.8 Å². The molecule has 0 aromatic heterocycles. The van der Waals surface area contributed by atoms with E-state index in [1.54, 1.807) is 13.8 Å². The normalized spacial score (nSPS) is 13.5. The van der Waals surface area contributed by atoms with Gasteiger partial charge in [-0.1, -0.05) is 6.07 Å². The average Bonchev–Trinajstić information content (AvgIpc) is 2.25. The minimum absolute atomic E-state index is 0.0395.